The Hall–Kier alpha value is -3.03. The molecule has 2 atom stereocenters. The van der Waals surface area contributed by atoms with Crippen LogP contribution in [0.2, 0.25) is 0 Å². The fraction of sp³-hybridized carbons (Fsp3) is 0.333. The molecular formula is C21H23F3N4O. The molecular weight excluding hydrogens is 381 g/mol. The molecule has 0 saturated heterocycles. The van der Waals surface area contributed by atoms with Gasteiger partial charge in [0.2, 0.25) is 5.91 Å². The van der Waals surface area contributed by atoms with Crippen LogP contribution in [-0.2, 0) is 17.5 Å². The summed E-state index contributed by atoms with van der Waals surface area (Å²) in [6.07, 6.45) is -0.626. The van der Waals surface area contributed by atoms with Gasteiger partial charge in [-0.05, 0) is 49.7 Å². The zero-order valence-electron chi connectivity index (χ0n) is 16.4. The fourth-order valence-electron chi connectivity index (χ4n) is 3.08. The van der Waals surface area contributed by atoms with Crippen molar-refractivity contribution in [1.82, 2.24) is 19.7 Å². The van der Waals surface area contributed by atoms with Crippen LogP contribution in [0.25, 0.3) is 5.69 Å². The molecule has 2 heterocycles. The standard InChI is InChI=1S/C21H23F3N4O/c1-14(13-28-15(2)11-19(26-28)21(22,23)24)20(29)25-16(3)17-7-6-8-18(12-17)27-9-4-5-10-27/h4-12,14,16H,13H2,1-3H3,(H,25,29). The SMILES string of the molecule is Cc1cc(C(F)(F)F)nn1CC(C)C(=O)NC(C)c1cccc(-n2cccc2)c1. The van der Waals surface area contributed by atoms with Crippen LogP contribution in [-0.4, -0.2) is 20.3 Å². The van der Waals surface area contributed by atoms with E-state index < -0.39 is 17.8 Å². The minimum atomic E-state index is -4.50. The molecule has 8 heteroatoms. The lowest BCUT2D eigenvalue weighted by Crippen LogP contribution is -2.34. The topological polar surface area (TPSA) is 51.9 Å². The summed E-state index contributed by atoms with van der Waals surface area (Å²) in [6.45, 7) is 5.17. The summed E-state index contributed by atoms with van der Waals surface area (Å²) in [5, 5.41) is 6.52. The van der Waals surface area contributed by atoms with Crippen molar-refractivity contribution in [2.75, 3.05) is 0 Å². The average molecular weight is 404 g/mol. The number of halogens is 3. The molecule has 0 fully saturated rings. The van der Waals surface area contributed by atoms with Gasteiger partial charge in [0.05, 0.1) is 18.5 Å². The van der Waals surface area contributed by atoms with E-state index in [1.54, 1.807) is 13.8 Å². The van der Waals surface area contributed by atoms with E-state index in [4.69, 9.17) is 0 Å². The Labute approximate surface area is 167 Å². The van der Waals surface area contributed by atoms with Gasteiger partial charge in [-0.2, -0.15) is 18.3 Å². The first-order chi connectivity index (χ1) is 13.6. The Kier molecular flexibility index (Phi) is 5.81. The summed E-state index contributed by atoms with van der Waals surface area (Å²) in [6, 6.07) is 12.4. The van der Waals surface area contributed by atoms with E-state index >= 15 is 0 Å². The Balaban J connectivity index is 1.65. The highest BCUT2D eigenvalue weighted by Gasteiger charge is 2.34. The number of nitrogens with one attached hydrogen (secondary N) is 1. The van der Waals surface area contributed by atoms with Crippen molar-refractivity contribution in [2.24, 2.45) is 5.92 Å². The van der Waals surface area contributed by atoms with Crippen LogP contribution >= 0.6 is 0 Å². The van der Waals surface area contributed by atoms with E-state index in [0.29, 0.717) is 5.69 Å². The first-order valence-corrected chi connectivity index (χ1v) is 9.30. The third-order valence-electron chi connectivity index (χ3n) is 4.80. The lowest BCUT2D eigenvalue weighted by Gasteiger charge is -2.19. The quantitative estimate of drug-likeness (QED) is 0.657. The van der Waals surface area contributed by atoms with Gasteiger partial charge in [0.25, 0.3) is 0 Å². The number of aromatic nitrogens is 3. The number of hydrogen-bond acceptors (Lipinski definition) is 2. The van der Waals surface area contributed by atoms with Gasteiger partial charge < -0.3 is 9.88 Å². The highest BCUT2D eigenvalue weighted by molar-refractivity contribution is 5.78. The maximum absolute atomic E-state index is 12.8. The van der Waals surface area contributed by atoms with Crippen LogP contribution in [0.3, 0.4) is 0 Å². The molecule has 154 valence electrons. The van der Waals surface area contributed by atoms with Gasteiger partial charge in [-0.15, -0.1) is 0 Å². The van der Waals surface area contributed by atoms with Gasteiger partial charge in [0.1, 0.15) is 0 Å². The Morgan fingerprint density at radius 1 is 1.14 bits per heavy atom. The number of amides is 1. The number of rotatable bonds is 6. The molecule has 29 heavy (non-hydrogen) atoms. The van der Waals surface area contributed by atoms with Crippen molar-refractivity contribution in [3.05, 3.63) is 71.8 Å². The van der Waals surface area contributed by atoms with Crippen molar-refractivity contribution >= 4 is 5.91 Å². The van der Waals surface area contributed by atoms with E-state index in [2.05, 4.69) is 10.4 Å². The van der Waals surface area contributed by atoms with Gasteiger partial charge in [-0.3, -0.25) is 9.48 Å². The zero-order valence-corrected chi connectivity index (χ0v) is 16.4. The highest BCUT2D eigenvalue weighted by atomic mass is 19.4. The van der Waals surface area contributed by atoms with Crippen LogP contribution in [0.1, 0.15) is 36.8 Å². The summed E-state index contributed by atoms with van der Waals surface area (Å²) in [7, 11) is 0. The van der Waals surface area contributed by atoms with E-state index in [9.17, 15) is 18.0 Å². The minimum absolute atomic E-state index is 0.0733. The van der Waals surface area contributed by atoms with Crippen LogP contribution in [0.15, 0.2) is 54.9 Å². The van der Waals surface area contributed by atoms with Gasteiger partial charge >= 0.3 is 6.18 Å². The number of carbonyl (C=O) groups excluding carboxylic acids is 1. The van der Waals surface area contributed by atoms with E-state index in [0.717, 1.165) is 17.3 Å². The molecule has 5 nitrogen and oxygen atoms in total. The molecule has 1 N–H and O–H groups in total. The fourth-order valence-corrected chi connectivity index (χ4v) is 3.08. The summed E-state index contributed by atoms with van der Waals surface area (Å²) >= 11 is 0. The summed E-state index contributed by atoms with van der Waals surface area (Å²) in [5.74, 6) is -0.780. The third-order valence-corrected chi connectivity index (χ3v) is 4.80. The molecule has 0 aliphatic rings. The number of hydrogen-bond donors (Lipinski definition) is 1. The molecule has 2 unspecified atom stereocenters. The maximum Gasteiger partial charge on any atom is 0.435 e. The number of benzene rings is 1. The molecule has 0 bridgehead atoms. The highest BCUT2D eigenvalue weighted by Crippen LogP contribution is 2.28. The lowest BCUT2D eigenvalue weighted by atomic mass is 10.1. The number of aryl methyl sites for hydroxylation is 1. The second-order valence-corrected chi connectivity index (χ2v) is 7.17. The van der Waals surface area contributed by atoms with Crippen LogP contribution < -0.4 is 5.32 Å². The molecule has 2 aromatic heterocycles. The molecule has 0 saturated carbocycles. The molecule has 0 aliphatic carbocycles. The third kappa shape index (κ3) is 4.88. The lowest BCUT2D eigenvalue weighted by molar-refractivity contribution is -0.141. The second-order valence-electron chi connectivity index (χ2n) is 7.17. The predicted octanol–water partition coefficient (Wildman–Crippen LogP) is 4.51. The van der Waals surface area contributed by atoms with Gasteiger partial charge in [-0.1, -0.05) is 19.1 Å². The van der Waals surface area contributed by atoms with E-state index in [1.807, 2.05) is 60.3 Å². The number of nitrogens with zero attached hydrogens (tertiary/aromatic N) is 3. The first kappa shape index (κ1) is 20.7. The monoisotopic (exact) mass is 404 g/mol. The largest absolute Gasteiger partial charge is 0.435 e. The predicted molar refractivity (Wildman–Crippen MR) is 103 cm³/mol. The van der Waals surface area contributed by atoms with Gasteiger partial charge in [0, 0.05) is 23.8 Å². The van der Waals surface area contributed by atoms with Crippen molar-refractivity contribution in [3.8, 4) is 5.69 Å². The van der Waals surface area contributed by atoms with Crippen LogP contribution in [0.5, 0.6) is 0 Å². The summed E-state index contributed by atoms with van der Waals surface area (Å²) < 4.78 is 41.6. The van der Waals surface area contributed by atoms with Crippen molar-refractivity contribution in [3.63, 3.8) is 0 Å². The zero-order chi connectivity index (χ0) is 21.2. The van der Waals surface area contributed by atoms with E-state index in [1.165, 1.54) is 4.68 Å². The molecule has 1 aromatic carbocycles. The molecule has 0 spiro atoms. The summed E-state index contributed by atoms with van der Waals surface area (Å²) in [5.41, 5.74) is 1.34. The van der Waals surface area contributed by atoms with Crippen molar-refractivity contribution in [1.29, 1.82) is 0 Å². The molecule has 3 aromatic rings. The first-order valence-electron chi connectivity index (χ1n) is 9.30. The minimum Gasteiger partial charge on any atom is -0.349 e. The Morgan fingerprint density at radius 2 is 1.83 bits per heavy atom. The normalized spacial score (nSPS) is 13.9. The molecule has 3 rings (SSSR count). The number of alkyl halides is 3. The smallest absolute Gasteiger partial charge is 0.349 e. The van der Waals surface area contributed by atoms with Crippen molar-refractivity contribution < 1.29 is 18.0 Å². The van der Waals surface area contributed by atoms with Crippen molar-refractivity contribution in [2.45, 2.75) is 39.5 Å². The Bertz CT molecular complexity index is 976. The van der Waals surface area contributed by atoms with Gasteiger partial charge in [0.15, 0.2) is 5.69 Å². The summed E-state index contributed by atoms with van der Waals surface area (Å²) in [4.78, 5) is 12.6. The molecule has 0 radical (unpaired) electrons. The maximum atomic E-state index is 12.8. The molecule has 1 amide bonds. The number of carbonyl (C=O) groups is 1. The average Bonchev–Trinajstić information content (AvgIpc) is 3.32. The second kappa shape index (κ2) is 8.14. The van der Waals surface area contributed by atoms with Crippen LogP contribution in [0.4, 0.5) is 13.2 Å². The Morgan fingerprint density at radius 3 is 2.45 bits per heavy atom. The molecule has 0 aliphatic heterocycles. The van der Waals surface area contributed by atoms with Crippen LogP contribution in [0, 0.1) is 12.8 Å². The van der Waals surface area contributed by atoms with Gasteiger partial charge in [-0.25, -0.2) is 0 Å². The van der Waals surface area contributed by atoms with E-state index in [-0.39, 0.29) is 18.5 Å².